The first-order valence-corrected chi connectivity index (χ1v) is 10.8. The molecule has 5 rings (SSSR count). The number of alkyl halides is 1. The lowest BCUT2D eigenvalue weighted by Gasteiger charge is -2.34. The molecule has 9 heteroatoms. The van der Waals surface area contributed by atoms with Crippen LogP contribution in [-0.4, -0.2) is 61.9 Å². The van der Waals surface area contributed by atoms with Gasteiger partial charge in [0.1, 0.15) is 23.4 Å². The van der Waals surface area contributed by atoms with Crippen LogP contribution in [0.3, 0.4) is 0 Å². The van der Waals surface area contributed by atoms with Crippen LogP contribution in [0, 0.1) is 5.82 Å². The molecule has 0 aliphatic carbocycles. The first kappa shape index (κ1) is 19.6. The predicted molar refractivity (Wildman–Crippen MR) is 112 cm³/mol. The second kappa shape index (κ2) is 7.09. The Kier molecular flexibility index (Phi) is 4.62. The van der Waals surface area contributed by atoms with Gasteiger partial charge in [-0.2, -0.15) is 0 Å². The van der Waals surface area contributed by atoms with E-state index < -0.39 is 29.3 Å². The fourth-order valence-corrected chi connectivity index (χ4v) is 5.71. The number of aromatic nitrogens is 1. The molecule has 0 spiro atoms. The highest BCUT2D eigenvalue weighted by molar-refractivity contribution is 8.00. The van der Waals surface area contributed by atoms with Crippen LogP contribution in [0.15, 0.2) is 33.1 Å². The summed E-state index contributed by atoms with van der Waals surface area (Å²) in [6.45, 7) is 4.13. The number of thioether (sulfide) groups is 1. The number of carbonyl (C=O) groups is 1. The van der Waals surface area contributed by atoms with Gasteiger partial charge in [-0.3, -0.25) is 9.69 Å². The molecule has 30 heavy (non-hydrogen) atoms. The van der Waals surface area contributed by atoms with Crippen LogP contribution in [0.4, 0.5) is 14.5 Å². The number of ether oxygens (including phenoxy) is 1. The third kappa shape index (κ3) is 2.79. The molecular formula is C21H21F2N3O3S. The molecule has 0 bridgehead atoms. The van der Waals surface area contributed by atoms with E-state index in [-0.39, 0.29) is 17.6 Å². The minimum Gasteiger partial charge on any atom is -0.462 e. The van der Waals surface area contributed by atoms with Crippen molar-refractivity contribution < 1.29 is 18.3 Å². The van der Waals surface area contributed by atoms with Crippen LogP contribution < -0.4 is 10.3 Å². The standard InChI is InChI=1S/C21H21F2N3O3S/c1-3-29-21(28)18-19(27)13-4-14(23)16(5-15(13)26-17(6-22)30-20(18)26)25-9-11-7-24(2)8-12(11)10-25/h4-5,17H,3,6-10H2,1-2H3. The average molecular weight is 433 g/mol. The zero-order valence-electron chi connectivity index (χ0n) is 16.7. The monoisotopic (exact) mass is 433 g/mol. The van der Waals surface area contributed by atoms with Gasteiger partial charge in [-0.15, -0.1) is 0 Å². The molecule has 3 aliphatic rings. The van der Waals surface area contributed by atoms with Crippen molar-refractivity contribution in [2.45, 2.75) is 17.3 Å². The van der Waals surface area contributed by atoms with E-state index >= 15 is 4.39 Å². The lowest BCUT2D eigenvalue weighted by atomic mass is 10.1. The summed E-state index contributed by atoms with van der Waals surface area (Å²) in [5.74, 6) is -1.28. The van der Waals surface area contributed by atoms with Crippen LogP contribution in [0.2, 0.25) is 0 Å². The average Bonchev–Trinajstić information content (AvgIpc) is 3.21. The summed E-state index contributed by atoms with van der Waals surface area (Å²) in [7, 11) is 2.06. The van der Waals surface area contributed by atoms with Crippen molar-refractivity contribution in [1.82, 2.24) is 9.47 Å². The fraction of sp³-hybridized carbons (Fsp3) is 0.429. The molecule has 1 aromatic carbocycles. The molecule has 158 valence electrons. The first-order chi connectivity index (χ1) is 14.4. The third-order valence-electron chi connectivity index (χ3n) is 5.90. The molecule has 1 atom stereocenters. The Labute approximate surface area is 176 Å². The SMILES string of the molecule is CCOC(=O)c1c2n(c3cc(N4CC5=C(CN(C)C5)C4)c(F)cc3c1=O)C(CF)S2. The van der Waals surface area contributed by atoms with Crippen LogP contribution in [0.1, 0.15) is 22.7 Å². The summed E-state index contributed by atoms with van der Waals surface area (Å²) in [5, 5.41) is -0.0963. The number of hydrogen-bond acceptors (Lipinski definition) is 6. The lowest BCUT2D eigenvalue weighted by molar-refractivity contribution is 0.0518. The van der Waals surface area contributed by atoms with Gasteiger partial charge in [-0.25, -0.2) is 13.6 Å². The van der Waals surface area contributed by atoms with E-state index in [1.165, 1.54) is 17.2 Å². The molecule has 1 unspecified atom stereocenters. The largest absolute Gasteiger partial charge is 0.462 e. The number of nitrogens with zero attached hydrogens (tertiary/aromatic N) is 3. The number of benzene rings is 1. The van der Waals surface area contributed by atoms with Crippen LogP contribution in [0.5, 0.6) is 0 Å². The number of pyridine rings is 1. The number of fused-ring (bicyclic) bond motifs is 3. The van der Waals surface area contributed by atoms with E-state index in [0.717, 1.165) is 24.9 Å². The molecule has 2 aromatic rings. The highest BCUT2D eigenvalue weighted by Crippen LogP contribution is 2.47. The molecule has 0 amide bonds. The van der Waals surface area contributed by atoms with E-state index in [1.807, 2.05) is 4.90 Å². The van der Waals surface area contributed by atoms with Crippen molar-refractivity contribution in [2.24, 2.45) is 0 Å². The number of esters is 1. The summed E-state index contributed by atoms with van der Waals surface area (Å²) in [4.78, 5) is 29.5. The van der Waals surface area contributed by atoms with Crippen LogP contribution >= 0.6 is 11.8 Å². The zero-order chi connectivity index (χ0) is 21.2. The van der Waals surface area contributed by atoms with Crippen LogP contribution in [0.25, 0.3) is 10.9 Å². The normalized spacial score (nSPS) is 20.5. The third-order valence-corrected chi connectivity index (χ3v) is 7.13. The molecular weight excluding hydrogens is 412 g/mol. The minimum atomic E-state index is -0.758. The maximum absolute atomic E-state index is 15.1. The van der Waals surface area contributed by atoms with Crippen molar-refractivity contribution in [3.63, 3.8) is 0 Å². The van der Waals surface area contributed by atoms with Gasteiger partial charge in [0.05, 0.1) is 22.8 Å². The van der Waals surface area contributed by atoms with E-state index in [0.29, 0.717) is 29.3 Å². The smallest absolute Gasteiger partial charge is 0.344 e. The number of rotatable bonds is 4. The quantitative estimate of drug-likeness (QED) is 0.546. The second-order valence-corrected chi connectivity index (χ2v) is 9.05. The Hall–Kier alpha value is -2.39. The molecule has 0 fully saturated rings. The second-order valence-electron chi connectivity index (χ2n) is 7.88. The fourth-order valence-electron chi connectivity index (χ4n) is 4.60. The molecule has 4 heterocycles. The molecule has 6 nitrogen and oxygen atoms in total. The molecule has 3 aliphatic heterocycles. The van der Waals surface area contributed by atoms with Crippen molar-refractivity contribution in [2.75, 3.05) is 51.4 Å². The van der Waals surface area contributed by atoms with Crippen molar-refractivity contribution in [3.8, 4) is 0 Å². The Morgan fingerprint density at radius 3 is 2.57 bits per heavy atom. The predicted octanol–water partition coefficient (Wildman–Crippen LogP) is 2.95. The van der Waals surface area contributed by atoms with Gasteiger partial charge in [-0.1, -0.05) is 11.8 Å². The Morgan fingerprint density at radius 1 is 1.23 bits per heavy atom. The highest BCUT2D eigenvalue weighted by atomic mass is 32.2. The summed E-state index contributed by atoms with van der Waals surface area (Å²) in [5.41, 5.74) is 2.73. The molecule has 0 saturated heterocycles. The van der Waals surface area contributed by atoms with Gasteiger partial charge >= 0.3 is 5.97 Å². The van der Waals surface area contributed by atoms with Gasteiger partial charge in [0.2, 0.25) is 5.43 Å². The molecule has 0 radical (unpaired) electrons. The lowest BCUT2D eigenvalue weighted by Crippen LogP contribution is -2.32. The molecule has 1 aromatic heterocycles. The summed E-state index contributed by atoms with van der Waals surface area (Å²) in [6.07, 6.45) is 0. The van der Waals surface area contributed by atoms with E-state index in [1.54, 1.807) is 17.6 Å². The number of hydrogen-bond donors (Lipinski definition) is 0. The van der Waals surface area contributed by atoms with Crippen molar-refractivity contribution in [1.29, 1.82) is 0 Å². The first-order valence-electron chi connectivity index (χ1n) is 9.87. The topological polar surface area (TPSA) is 54.8 Å². The number of halogens is 2. The van der Waals surface area contributed by atoms with Crippen molar-refractivity contribution in [3.05, 3.63) is 44.9 Å². The Morgan fingerprint density at radius 2 is 1.93 bits per heavy atom. The zero-order valence-corrected chi connectivity index (χ0v) is 17.5. The number of anilines is 1. The molecule has 0 N–H and O–H groups in total. The minimum absolute atomic E-state index is 0.0706. The summed E-state index contributed by atoms with van der Waals surface area (Å²) >= 11 is 1.13. The molecule has 0 saturated carbocycles. The van der Waals surface area contributed by atoms with E-state index in [4.69, 9.17) is 4.74 Å². The van der Waals surface area contributed by atoms with E-state index in [9.17, 15) is 14.0 Å². The van der Waals surface area contributed by atoms with Crippen LogP contribution in [-0.2, 0) is 4.74 Å². The van der Waals surface area contributed by atoms with Gasteiger partial charge in [0.15, 0.2) is 0 Å². The Balaban J connectivity index is 1.63. The maximum atomic E-state index is 15.1. The number of carbonyl (C=O) groups excluding carboxylic acids is 1. The van der Waals surface area contributed by atoms with E-state index in [2.05, 4.69) is 11.9 Å². The summed E-state index contributed by atoms with van der Waals surface area (Å²) < 4.78 is 35.3. The Bertz CT molecular complexity index is 1160. The summed E-state index contributed by atoms with van der Waals surface area (Å²) in [6, 6.07) is 2.80. The van der Waals surface area contributed by atoms with Gasteiger partial charge in [-0.05, 0) is 37.3 Å². The van der Waals surface area contributed by atoms with Gasteiger partial charge in [0, 0.05) is 31.6 Å². The van der Waals surface area contributed by atoms with Gasteiger partial charge < -0.3 is 14.2 Å². The van der Waals surface area contributed by atoms with Crippen molar-refractivity contribution >= 4 is 34.3 Å². The highest BCUT2D eigenvalue weighted by Gasteiger charge is 2.37. The maximum Gasteiger partial charge on any atom is 0.344 e. The van der Waals surface area contributed by atoms with Gasteiger partial charge in [0.25, 0.3) is 0 Å². The number of likely N-dealkylation sites (N-methyl/N-ethyl adjacent to an activating group) is 1.